The van der Waals surface area contributed by atoms with Gasteiger partial charge in [-0.25, -0.2) is 9.78 Å². The summed E-state index contributed by atoms with van der Waals surface area (Å²) in [7, 11) is 0. The van der Waals surface area contributed by atoms with Gasteiger partial charge >= 0.3 is 5.97 Å². The summed E-state index contributed by atoms with van der Waals surface area (Å²) in [6.45, 7) is 12.5. The Morgan fingerprint density at radius 2 is 1.77 bits per heavy atom. The number of hydrogen-bond donors (Lipinski definition) is 1. The van der Waals surface area contributed by atoms with Gasteiger partial charge in [0.15, 0.2) is 0 Å². The van der Waals surface area contributed by atoms with Crippen molar-refractivity contribution in [2.24, 2.45) is 10.9 Å². The van der Waals surface area contributed by atoms with Crippen LogP contribution in [0.25, 0.3) is 11.0 Å². The van der Waals surface area contributed by atoms with Gasteiger partial charge < -0.3 is 19.4 Å². The Morgan fingerprint density at radius 3 is 2.48 bits per heavy atom. The first-order valence-electron chi connectivity index (χ1n) is 13.5. The fourth-order valence-corrected chi connectivity index (χ4v) is 5.40. The molecule has 4 rings (SSSR count). The van der Waals surface area contributed by atoms with Crippen molar-refractivity contribution in [1.29, 1.82) is 0 Å². The van der Waals surface area contributed by atoms with Gasteiger partial charge in [-0.15, -0.1) is 0 Å². The van der Waals surface area contributed by atoms with E-state index in [1.807, 2.05) is 70.2 Å². The number of halogens is 1. The number of amides is 1. The molecule has 9 heteroatoms. The zero-order valence-electron chi connectivity index (χ0n) is 24.0. The minimum atomic E-state index is -0.748. The number of fused-ring (bicyclic) bond motifs is 1. The van der Waals surface area contributed by atoms with Crippen molar-refractivity contribution < 1.29 is 19.1 Å². The fourth-order valence-electron chi connectivity index (χ4n) is 5.15. The normalized spacial score (nSPS) is 17.6. The SMILES string of the molecule is CCOC(=O)C1=C(COCCn2c(C)nc3ccccc32)N=C(C)C(C(=O)NC(C)(C)C)[C@@H]1c1ccccc1Cl. The Morgan fingerprint density at radius 1 is 1.07 bits per heavy atom. The molecule has 8 nitrogen and oxygen atoms in total. The van der Waals surface area contributed by atoms with Crippen molar-refractivity contribution in [1.82, 2.24) is 14.9 Å². The first kappa shape index (κ1) is 29.5. The number of aryl methyl sites for hydroxylation is 1. The maximum absolute atomic E-state index is 13.6. The monoisotopic (exact) mass is 564 g/mol. The summed E-state index contributed by atoms with van der Waals surface area (Å²) in [5.74, 6) is -1.31. The van der Waals surface area contributed by atoms with Gasteiger partial charge in [-0.05, 0) is 65.3 Å². The van der Waals surface area contributed by atoms with E-state index in [4.69, 9.17) is 26.1 Å². The van der Waals surface area contributed by atoms with Gasteiger partial charge in [0.2, 0.25) is 5.91 Å². The Balaban J connectivity index is 1.68. The predicted octanol–water partition coefficient (Wildman–Crippen LogP) is 5.62. The van der Waals surface area contributed by atoms with Crippen molar-refractivity contribution in [3.05, 3.63) is 76.2 Å². The highest BCUT2D eigenvalue weighted by Gasteiger charge is 2.43. The number of rotatable bonds is 9. The molecule has 0 spiro atoms. The van der Waals surface area contributed by atoms with Crippen LogP contribution in [0.15, 0.2) is 64.8 Å². The lowest BCUT2D eigenvalue weighted by Crippen LogP contribution is -2.48. The molecule has 0 radical (unpaired) electrons. The molecule has 2 heterocycles. The van der Waals surface area contributed by atoms with E-state index in [2.05, 4.69) is 14.9 Å². The van der Waals surface area contributed by atoms with Crippen LogP contribution < -0.4 is 5.32 Å². The van der Waals surface area contributed by atoms with Crippen LogP contribution in [0.4, 0.5) is 0 Å². The summed E-state index contributed by atoms with van der Waals surface area (Å²) < 4.78 is 13.7. The smallest absolute Gasteiger partial charge is 0.336 e. The van der Waals surface area contributed by atoms with Crippen LogP contribution in [0.5, 0.6) is 0 Å². The lowest BCUT2D eigenvalue weighted by molar-refractivity contribution is -0.139. The molecule has 0 saturated heterocycles. The number of nitrogens with one attached hydrogen (secondary N) is 1. The first-order chi connectivity index (χ1) is 19.0. The number of benzene rings is 2. The van der Waals surface area contributed by atoms with E-state index in [1.165, 1.54) is 0 Å². The van der Waals surface area contributed by atoms with Crippen molar-refractivity contribution >= 4 is 40.2 Å². The molecule has 1 aliphatic heterocycles. The molecule has 3 aromatic rings. The van der Waals surface area contributed by atoms with E-state index in [9.17, 15) is 9.59 Å². The van der Waals surface area contributed by atoms with Gasteiger partial charge in [0.1, 0.15) is 5.82 Å². The largest absolute Gasteiger partial charge is 0.463 e. The van der Waals surface area contributed by atoms with Crippen LogP contribution in [0, 0.1) is 12.8 Å². The number of aromatic nitrogens is 2. The number of nitrogens with zero attached hydrogens (tertiary/aromatic N) is 3. The summed E-state index contributed by atoms with van der Waals surface area (Å²) in [5, 5.41) is 3.51. The molecular formula is C31H37ClN4O4. The number of esters is 1. The van der Waals surface area contributed by atoms with Crippen molar-refractivity contribution in [2.45, 2.75) is 59.5 Å². The maximum atomic E-state index is 13.6. The number of para-hydroxylation sites is 2. The second kappa shape index (κ2) is 12.4. The van der Waals surface area contributed by atoms with E-state index in [0.717, 1.165) is 16.9 Å². The number of hydrogen-bond acceptors (Lipinski definition) is 6. The van der Waals surface area contributed by atoms with Gasteiger partial charge in [0, 0.05) is 28.7 Å². The van der Waals surface area contributed by atoms with Gasteiger partial charge in [-0.1, -0.05) is 41.9 Å². The summed E-state index contributed by atoms with van der Waals surface area (Å²) in [6, 6.07) is 15.2. The minimum Gasteiger partial charge on any atom is -0.463 e. The van der Waals surface area contributed by atoms with Gasteiger partial charge in [-0.2, -0.15) is 0 Å². The van der Waals surface area contributed by atoms with Crippen molar-refractivity contribution in [3.8, 4) is 0 Å². The van der Waals surface area contributed by atoms with E-state index in [0.29, 0.717) is 40.7 Å². The number of carbonyl (C=O) groups is 2. The molecule has 0 aliphatic carbocycles. The third-order valence-electron chi connectivity index (χ3n) is 6.78. The lowest BCUT2D eigenvalue weighted by Gasteiger charge is -2.35. The zero-order valence-corrected chi connectivity index (χ0v) is 24.7. The molecule has 1 unspecified atom stereocenters. The lowest BCUT2D eigenvalue weighted by atomic mass is 9.74. The Hall–Kier alpha value is -3.49. The Bertz CT molecular complexity index is 1470. The van der Waals surface area contributed by atoms with Crippen LogP contribution in [-0.4, -0.2) is 52.5 Å². The third-order valence-corrected chi connectivity index (χ3v) is 7.12. The highest BCUT2D eigenvalue weighted by Crippen LogP contribution is 2.42. The number of imidazole rings is 1. The molecule has 1 N–H and O–H groups in total. The van der Waals surface area contributed by atoms with Crippen LogP contribution in [0.1, 0.15) is 51.9 Å². The standard InChI is InChI=1S/C31H37ClN4O4/c1-7-40-30(38)28-24(18-39-17-16-36-20(3)34-23-14-10-11-15-25(23)36)33-19(2)26(29(37)35-31(4,5)6)27(28)21-12-8-9-13-22(21)32/h8-15,26-27H,7,16-18H2,1-6H3,(H,35,37)/t26?,27-/m0/s1. The number of aliphatic imine (C=N–C) groups is 1. The number of ether oxygens (including phenoxy) is 2. The molecule has 212 valence electrons. The molecule has 0 fully saturated rings. The molecule has 40 heavy (non-hydrogen) atoms. The highest BCUT2D eigenvalue weighted by atomic mass is 35.5. The molecule has 0 bridgehead atoms. The molecule has 2 atom stereocenters. The topological polar surface area (TPSA) is 94.8 Å². The molecular weight excluding hydrogens is 528 g/mol. The first-order valence-corrected chi connectivity index (χ1v) is 13.9. The van der Waals surface area contributed by atoms with Crippen LogP contribution >= 0.6 is 11.6 Å². The Labute approximate surface area is 240 Å². The summed E-state index contributed by atoms with van der Waals surface area (Å²) in [5.41, 5.74) is 3.46. The second-order valence-corrected chi connectivity index (χ2v) is 11.3. The van der Waals surface area contributed by atoms with Gasteiger partial charge in [0.25, 0.3) is 0 Å². The predicted molar refractivity (Wildman–Crippen MR) is 158 cm³/mol. The van der Waals surface area contributed by atoms with E-state index in [-0.39, 0.29) is 19.1 Å². The van der Waals surface area contributed by atoms with Crippen molar-refractivity contribution in [2.75, 3.05) is 19.8 Å². The van der Waals surface area contributed by atoms with Crippen molar-refractivity contribution in [3.63, 3.8) is 0 Å². The molecule has 1 aromatic heterocycles. The third kappa shape index (κ3) is 6.45. The Kier molecular flexibility index (Phi) is 9.11. The van der Waals surface area contributed by atoms with E-state index < -0.39 is 23.3 Å². The van der Waals surface area contributed by atoms with Crippen LogP contribution in [0.3, 0.4) is 0 Å². The quantitative estimate of drug-likeness (QED) is 0.269. The average Bonchev–Trinajstić information content (AvgIpc) is 3.20. The fraction of sp³-hybridized carbons (Fsp3) is 0.419. The molecule has 2 aromatic carbocycles. The molecule has 1 aliphatic rings. The summed E-state index contributed by atoms with van der Waals surface area (Å²) in [4.78, 5) is 36.5. The van der Waals surface area contributed by atoms with Gasteiger partial charge in [0.05, 0.1) is 48.0 Å². The van der Waals surface area contributed by atoms with E-state index >= 15 is 0 Å². The molecule has 1 amide bonds. The summed E-state index contributed by atoms with van der Waals surface area (Å²) >= 11 is 6.66. The number of carbonyl (C=O) groups excluding carboxylic acids is 2. The summed E-state index contributed by atoms with van der Waals surface area (Å²) in [6.07, 6.45) is 0. The highest BCUT2D eigenvalue weighted by molar-refractivity contribution is 6.31. The second-order valence-electron chi connectivity index (χ2n) is 10.9. The minimum absolute atomic E-state index is 0.0751. The molecule has 0 saturated carbocycles. The van der Waals surface area contributed by atoms with E-state index in [1.54, 1.807) is 19.9 Å². The van der Waals surface area contributed by atoms with Crippen LogP contribution in [-0.2, 0) is 25.6 Å². The zero-order chi connectivity index (χ0) is 29.0. The average molecular weight is 565 g/mol. The van der Waals surface area contributed by atoms with Crippen LogP contribution in [0.2, 0.25) is 5.02 Å². The van der Waals surface area contributed by atoms with Gasteiger partial charge in [-0.3, -0.25) is 9.79 Å². The maximum Gasteiger partial charge on any atom is 0.336 e.